The van der Waals surface area contributed by atoms with Gasteiger partial charge in [0.25, 0.3) is 0 Å². The molecule has 1 aliphatic heterocycles. The molecule has 0 radical (unpaired) electrons. The van der Waals surface area contributed by atoms with Crippen molar-refractivity contribution in [1.29, 1.82) is 0 Å². The second-order valence-corrected chi connectivity index (χ2v) is 6.11. The molecule has 1 saturated heterocycles. The molecule has 2 rings (SSSR count). The molecule has 1 fully saturated rings. The smallest absolute Gasteiger partial charge is 0.244 e. The van der Waals surface area contributed by atoms with Crippen molar-refractivity contribution in [3.05, 3.63) is 28.5 Å². The first-order valence-corrected chi connectivity index (χ1v) is 7.26. The molecule has 0 unspecified atom stereocenters. The van der Waals surface area contributed by atoms with Gasteiger partial charge in [0, 0.05) is 17.5 Å². The summed E-state index contributed by atoms with van der Waals surface area (Å²) in [4.78, 5) is 12.8. The SMILES string of the molecule is CC1(CNC(=O)/C=C/c2cccs2)CCNCC1. The number of carbonyl (C=O) groups is 1. The van der Waals surface area contributed by atoms with Gasteiger partial charge in [-0.2, -0.15) is 0 Å². The minimum absolute atomic E-state index is 0.00292. The fraction of sp³-hybridized carbons (Fsp3) is 0.500. The molecule has 1 aromatic rings. The molecule has 18 heavy (non-hydrogen) atoms. The van der Waals surface area contributed by atoms with E-state index in [0.29, 0.717) is 0 Å². The highest BCUT2D eigenvalue weighted by atomic mass is 32.1. The van der Waals surface area contributed by atoms with E-state index in [4.69, 9.17) is 0 Å². The molecule has 1 aromatic heterocycles. The van der Waals surface area contributed by atoms with Gasteiger partial charge in [-0.1, -0.05) is 13.0 Å². The van der Waals surface area contributed by atoms with Crippen molar-refractivity contribution >= 4 is 23.3 Å². The first-order valence-electron chi connectivity index (χ1n) is 6.38. The molecule has 0 spiro atoms. The van der Waals surface area contributed by atoms with Crippen LogP contribution < -0.4 is 10.6 Å². The third kappa shape index (κ3) is 3.96. The van der Waals surface area contributed by atoms with Gasteiger partial charge in [0.15, 0.2) is 0 Å². The molecular formula is C14H20N2OS. The third-order valence-corrected chi connectivity index (χ3v) is 4.28. The van der Waals surface area contributed by atoms with Gasteiger partial charge < -0.3 is 10.6 Å². The van der Waals surface area contributed by atoms with E-state index in [0.717, 1.165) is 37.4 Å². The molecule has 0 saturated carbocycles. The van der Waals surface area contributed by atoms with Gasteiger partial charge in [0.05, 0.1) is 0 Å². The highest BCUT2D eigenvalue weighted by Crippen LogP contribution is 2.26. The lowest BCUT2D eigenvalue weighted by Crippen LogP contribution is -2.42. The molecule has 0 aromatic carbocycles. The van der Waals surface area contributed by atoms with Gasteiger partial charge in [0.2, 0.25) is 5.91 Å². The molecule has 2 N–H and O–H groups in total. The van der Waals surface area contributed by atoms with Gasteiger partial charge in [-0.25, -0.2) is 0 Å². The lowest BCUT2D eigenvalue weighted by molar-refractivity contribution is -0.117. The van der Waals surface area contributed by atoms with E-state index in [9.17, 15) is 4.79 Å². The van der Waals surface area contributed by atoms with Crippen molar-refractivity contribution in [3.8, 4) is 0 Å². The predicted octanol–water partition coefficient (Wildman–Crippen LogP) is 2.27. The maximum Gasteiger partial charge on any atom is 0.244 e. The van der Waals surface area contributed by atoms with E-state index >= 15 is 0 Å². The van der Waals surface area contributed by atoms with Gasteiger partial charge in [-0.15, -0.1) is 11.3 Å². The van der Waals surface area contributed by atoms with E-state index < -0.39 is 0 Å². The third-order valence-electron chi connectivity index (χ3n) is 3.44. The topological polar surface area (TPSA) is 41.1 Å². The van der Waals surface area contributed by atoms with Gasteiger partial charge >= 0.3 is 0 Å². The Kier molecular flexibility index (Phi) is 4.55. The molecule has 0 aliphatic carbocycles. The summed E-state index contributed by atoms with van der Waals surface area (Å²) in [6.07, 6.45) is 5.74. The zero-order valence-corrected chi connectivity index (χ0v) is 11.6. The lowest BCUT2D eigenvalue weighted by Gasteiger charge is -2.33. The van der Waals surface area contributed by atoms with E-state index in [2.05, 4.69) is 17.6 Å². The van der Waals surface area contributed by atoms with Crippen LogP contribution in [0.15, 0.2) is 23.6 Å². The van der Waals surface area contributed by atoms with Crippen LogP contribution in [0.5, 0.6) is 0 Å². The number of nitrogens with one attached hydrogen (secondary N) is 2. The van der Waals surface area contributed by atoms with Gasteiger partial charge in [0.1, 0.15) is 0 Å². The number of carbonyl (C=O) groups excluding carboxylic acids is 1. The summed E-state index contributed by atoms with van der Waals surface area (Å²) >= 11 is 1.64. The summed E-state index contributed by atoms with van der Waals surface area (Å²) in [5, 5.41) is 8.36. The number of thiophene rings is 1. The fourth-order valence-corrected chi connectivity index (χ4v) is 2.73. The number of amides is 1. The molecule has 2 heterocycles. The van der Waals surface area contributed by atoms with Crippen molar-refractivity contribution < 1.29 is 4.79 Å². The maximum atomic E-state index is 11.7. The van der Waals surface area contributed by atoms with E-state index in [1.807, 2.05) is 23.6 Å². The van der Waals surface area contributed by atoms with Crippen LogP contribution in [-0.4, -0.2) is 25.5 Å². The van der Waals surface area contributed by atoms with Gasteiger partial charge in [-0.3, -0.25) is 4.79 Å². The number of hydrogen-bond acceptors (Lipinski definition) is 3. The zero-order valence-electron chi connectivity index (χ0n) is 10.7. The van der Waals surface area contributed by atoms with E-state index in [1.165, 1.54) is 0 Å². The van der Waals surface area contributed by atoms with Crippen molar-refractivity contribution in [1.82, 2.24) is 10.6 Å². The minimum Gasteiger partial charge on any atom is -0.352 e. The lowest BCUT2D eigenvalue weighted by atomic mass is 9.81. The largest absolute Gasteiger partial charge is 0.352 e. The molecule has 1 amide bonds. The van der Waals surface area contributed by atoms with E-state index in [1.54, 1.807) is 17.4 Å². The zero-order chi connectivity index (χ0) is 12.8. The minimum atomic E-state index is 0.00292. The molecular weight excluding hydrogens is 244 g/mol. The quantitative estimate of drug-likeness (QED) is 0.819. The average molecular weight is 264 g/mol. The number of rotatable bonds is 4. The van der Waals surface area contributed by atoms with Crippen LogP contribution in [-0.2, 0) is 4.79 Å². The summed E-state index contributed by atoms with van der Waals surface area (Å²) in [6, 6.07) is 3.99. The average Bonchev–Trinajstić information content (AvgIpc) is 2.88. The molecule has 98 valence electrons. The van der Waals surface area contributed by atoms with Crippen molar-refractivity contribution in [3.63, 3.8) is 0 Å². The Balaban J connectivity index is 1.77. The Bertz CT molecular complexity index is 405. The molecule has 0 atom stereocenters. The highest BCUT2D eigenvalue weighted by Gasteiger charge is 2.26. The first kappa shape index (κ1) is 13.3. The standard InChI is InChI=1S/C14H20N2OS/c1-14(6-8-15-9-7-14)11-16-13(17)5-4-12-3-2-10-18-12/h2-5,10,15H,6-9,11H2,1H3,(H,16,17)/b5-4+. The highest BCUT2D eigenvalue weighted by molar-refractivity contribution is 7.10. The van der Waals surface area contributed by atoms with Crippen LogP contribution in [0.3, 0.4) is 0 Å². The van der Waals surface area contributed by atoms with Crippen molar-refractivity contribution in [2.24, 2.45) is 5.41 Å². The monoisotopic (exact) mass is 264 g/mol. The van der Waals surface area contributed by atoms with Crippen molar-refractivity contribution in [2.45, 2.75) is 19.8 Å². The van der Waals surface area contributed by atoms with Gasteiger partial charge in [-0.05, 0) is 48.9 Å². The maximum absolute atomic E-state index is 11.7. The molecule has 3 nitrogen and oxygen atoms in total. The fourth-order valence-electron chi connectivity index (χ4n) is 2.11. The Morgan fingerprint density at radius 1 is 1.56 bits per heavy atom. The molecule has 4 heteroatoms. The Morgan fingerprint density at radius 2 is 2.33 bits per heavy atom. The normalized spacial score (nSPS) is 18.9. The second-order valence-electron chi connectivity index (χ2n) is 5.13. The molecule has 1 aliphatic rings. The summed E-state index contributed by atoms with van der Waals surface area (Å²) in [5.74, 6) is 0.00292. The first-order chi connectivity index (χ1) is 8.68. The number of piperidine rings is 1. The molecule has 0 bridgehead atoms. The number of hydrogen-bond donors (Lipinski definition) is 2. The van der Waals surface area contributed by atoms with Crippen LogP contribution in [0.4, 0.5) is 0 Å². The summed E-state index contributed by atoms with van der Waals surface area (Å²) in [7, 11) is 0. The summed E-state index contributed by atoms with van der Waals surface area (Å²) in [6.45, 7) is 5.12. The second kappa shape index (κ2) is 6.16. The van der Waals surface area contributed by atoms with Crippen LogP contribution in [0.25, 0.3) is 6.08 Å². The van der Waals surface area contributed by atoms with E-state index in [-0.39, 0.29) is 11.3 Å². The van der Waals surface area contributed by atoms with Crippen LogP contribution in [0.2, 0.25) is 0 Å². The Morgan fingerprint density at radius 3 is 3.00 bits per heavy atom. The Hall–Kier alpha value is -1.13. The van der Waals surface area contributed by atoms with Crippen LogP contribution in [0.1, 0.15) is 24.6 Å². The Labute approximate surface area is 112 Å². The van der Waals surface area contributed by atoms with Crippen molar-refractivity contribution in [2.75, 3.05) is 19.6 Å². The summed E-state index contributed by atoms with van der Waals surface area (Å²) in [5.41, 5.74) is 0.248. The van der Waals surface area contributed by atoms with Crippen LogP contribution in [0, 0.1) is 5.41 Å². The van der Waals surface area contributed by atoms with Crippen LogP contribution >= 0.6 is 11.3 Å². The summed E-state index contributed by atoms with van der Waals surface area (Å²) < 4.78 is 0. The predicted molar refractivity (Wildman–Crippen MR) is 76.6 cm³/mol.